The predicted molar refractivity (Wildman–Crippen MR) is 91.5 cm³/mol. The summed E-state index contributed by atoms with van der Waals surface area (Å²) in [5.74, 6) is -1.19. The molecule has 25 heavy (non-hydrogen) atoms. The standard InChI is InChI=1S/C19H13F3O2S/c1-24-13-7-9-14(10-8-13)25-17-15-5-3-2-4-12(15)6-11-16(17)18(23)19(20,21)22/h2-11H,1H3. The molecule has 0 aliphatic rings. The minimum Gasteiger partial charge on any atom is -0.497 e. The Hall–Kier alpha value is -2.47. The second kappa shape index (κ2) is 6.80. The zero-order chi connectivity index (χ0) is 18.0. The largest absolute Gasteiger partial charge is 0.497 e. The molecule has 0 heterocycles. The van der Waals surface area contributed by atoms with Gasteiger partial charge in [0, 0.05) is 15.4 Å². The van der Waals surface area contributed by atoms with Crippen LogP contribution in [-0.2, 0) is 0 Å². The van der Waals surface area contributed by atoms with Gasteiger partial charge in [0.15, 0.2) is 0 Å². The van der Waals surface area contributed by atoms with Gasteiger partial charge in [-0.15, -0.1) is 0 Å². The van der Waals surface area contributed by atoms with Crippen molar-refractivity contribution in [2.75, 3.05) is 7.11 Å². The molecular weight excluding hydrogens is 349 g/mol. The van der Waals surface area contributed by atoms with Crippen molar-refractivity contribution in [2.45, 2.75) is 16.0 Å². The van der Waals surface area contributed by atoms with Crippen LogP contribution < -0.4 is 4.74 Å². The Kier molecular flexibility index (Phi) is 4.72. The monoisotopic (exact) mass is 362 g/mol. The summed E-state index contributed by atoms with van der Waals surface area (Å²) >= 11 is 1.13. The normalized spacial score (nSPS) is 11.5. The molecule has 0 saturated heterocycles. The molecule has 128 valence electrons. The van der Waals surface area contributed by atoms with Crippen LogP contribution in [0.25, 0.3) is 10.8 Å². The Morgan fingerprint density at radius 1 is 0.960 bits per heavy atom. The SMILES string of the molecule is COc1ccc(Sc2c(C(=O)C(F)(F)F)ccc3ccccc23)cc1. The van der Waals surface area contributed by atoms with Crippen LogP contribution in [0.2, 0.25) is 0 Å². The number of hydrogen-bond acceptors (Lipinski definition) is 3. The highest BCUT2D eigenvalue weighted by atomic mass is 32.2. The predicted octanol–water partition coefficient (Wildman–Crippen LogP) is 5.74. The van der Waals surface area contributed by atoms with E-state index in [0.717, 1.165) is 17.1 Å². The molecule has 6 heteroatoms. The number of methoxy groups -OCH3 is 1. The Morgan fingerprint density at radius 2 is 1.64 bits per heavy atom. The first-order valence-corrected chi connectivity index (χ1v) is 8.17. The first kappa shape index (κ1) is 17.4. The van der Waals surface area contributed by atoms with Crippen LogP contribution in [0.15, 0.2) is 70.5 Å². The van der Waals surface area contributed by atoms with Gasteiger partial charge in [0.1, 0.15) is 5.75 Å². The molecule has 0 radical (unpaired) electrons. The number of ketones is 1. The number of carbonyl (C=O) groups excluding carboxylic acids is 1. The first-order chi connectivity index (χ1) is 11.9. The maximum absolute atomic E-state index is 13.0. The van der Waals surface area contributed by atoms with E-state index in [1.165, 1.54) is 19.2 Å². The summed E-state index contributed by atoms with van der Waals surface area (Å²) < 4.78 is 44.0. The molecule has 0 unspecified atom stereocenters. The van der Waals surface area contributed by atoms with Crippen LogP contribution >= 0.6 is 11.8 Å². The van der Waals surface area contributed by atoms with E-state index >= 15 is 0 Å². The number of alkyl halides is 3. The second-order valence-electron chi connectivity index (χ2n) is 5.27. The fourth-order valence-electron chi connectivity index (χ4n) is 2.45. The van der Waals surface area contributed by atoms with E-state index in [4.69, 9.17) is 4.74 Å². The average molecular weight is 362 g/mol. The number of benzene rings is 3. The molecule has 3 aromatic carbocycles. The molecule has 0 saturated carbocycles. The van der Waals surface area contributed by atoms with Gasteiger partial charge in [-0.1, -0.05) is 42.1 Å². The summed E-state index contributed by atoms with van der Waals surface area (Å²) in [6.45, 7) is 0. The van der Waals surface area contributed by atoms with Crippen molar-refractivity contribution in [1.29, 1.82) is 0 Å². The fourth-order valence-corrected chi connectivity index (χ4v) is 3.52. The third kappa shape index (κ3) is 3.64. The van der Waals surface area contributed by atoms with Crippen molar-refractivity contribution in [1.82, 2.24) is 0 Å². The minimum absolute atomic E-state index is 0.297. The van der Waals surface area contributed by atoms with Crippen LogP contribution in [0.1, 0.15) is 10.4 Å². The van der Waals surface area contributed by atoms with Gasteiger partial charge in [-0.2, -0.15) is 13.2 Å². The maximum Gasteiger partial charge on any atom is 0.454 e. The zero-order valence-corrected chi connectivity index (χ0v) is 13.9. The molecule has 0 N–H and O–H groups in total. The summed E-state index contributed by atoms with van der Waals surface area (Å²) in [6, 6.07) is 16.8. The van der Waals surface area contributed by atoms with E-state index in [1.54, 1.807) is 48.5 Å². The number of halogens is 3. The van der Waals surface area contributed by atoms with Gasteiger partial charge < -0.3 is 4.74 Å². The fraction of sp³-hybridized carbons (Fsp3) is 0.105. The lowest BCUT2D eigenvalue weighted by atomic mass is 10.0. The van der Waals surface area contributed by atoms with E-state index in [-0.39, 0.29) is 5.56 Å². The summed E-state index contributed by atoms with van der Waals surface area (Å²) in [7, 11) is 1.53. The van der Waals surface area contributed by atoms with E-state index < -0.39 is 12.0 Å². The summed E-state index contributed by atoms with van der Waals surface area (Å²) in [4.78, 5) is 12.9. The Balaban J connectivity index is 2.13. The van der Waals surface area contributed by atoms with Crippen LogP contribution in [-0.4, -0.2) is 19.1 Å². The van der Waals surface area contributed by atoms with Gasteiger partial charge >= 0.3 is 6.18 Å². The molecule has 0 aliphatic heterocycles. The number of carbonyl (C=O) groups is 1. The number of fused-ring (bicyclic) bond motifs is 1. The smallest absolute Gasteiger partial charge is 0.454 e. The van der Waals surface area contributed by atoms with Crippen molar-refractivity contribution < 1.29 is 22.7 Å². The molecule has 0 bridgehead atoms. The molecule has 0 aromatic heterocycles. The minimum atomic E-state index is -4.92. The second-order valence-corrected chi connectivity index (χ2v) is 6.35. The van der Waals surface area contributed by atoms with Crippen molar-refractivity contribution in [3.63, 3.8) is 0 Å². The molecule has 0 amide bonds. The Morgan fingerprint density at radius 3 is 2.28 bits per heavy atom. The highest BCUT2D eigenvalue weighted by Crippen LogP contribution is 2.39. The summed E-state index contributed by atoms with van der Waals surface area (Å²) in [5, 5.41) is 1.38. The van der Waals surface area contributed by atoms with Crippen LogP contribution in [0, 0.1) is 0 Å². The van der Waals surface area contributed by atoms with Gasteiger partial charge in [-0.3, -0.25) is 4.79 Å². The third-order valence-electron chi connectivity index (χ3n) is 3.66. The molecule has 0 spiro atoms. The van der Waals surface area contributed by atoms with Crippen LogP contribution in [0.5, 0.6) is 5.75 Å². The van der Waals surface area contributed by atoms with Crippen molar-refractivity contribution in [3.8, 4) is 5.75 Å². The van der Waals surface area contributed by atoms with E-state index in [0.29, 0.717) is 20.9 Å². The highest BCUT2D eigenvalue weighted by molar-refractivity contribution is 7.99. The number of Topliss-reactive ketones (excluding diaryl/α,β-unsaturated/α-hetero) is 1. The van der Waals surface area contributed by atoms with Gasteiger partial charge in [-0.05, 0) is 41.1 Å². The highest BCUT2D eigenvalue weighted by Gasteiger charge is 2.40. The molecule has 3 aromatic rings. The molecule has 0 fully saturated rings. The molecule has 2 nitrogen and oxygen atoms in total. The van der Waals surface area contributed by atoms with Crippen molar-refractivity contribution in [2.24, 2.45) is 0 Å². The lowest BCUT2D eigenvalue weighted by molar-refractivity contribution is -0.0886. The van der Waals surface area contributed by atoms with E-state index in [9.17, 15) is 18.0 Å². The molecule has 3 rings (SSSR count). The van der Waals surface area contributed by atoms with E-state index in [1.807, 2.05) is 0 Å². The average Bonchev–Trinajstić information content (AvgIpc) is 2.61. The van der Waals surface area contributed by atoms with Crippen molar-refractivity contribution in [3.05, 3.63) is 66.2 Å². The van der Waals surface area contributed by atoms with Gasteiger partial charge in [0.25, 0.3) is 5.78 Å². The quantitative estimate of drug-likeness (QED) is 0.553. The van der Waals surface area contributed by atoms with Gasteiger partial charge in [0.05, 0.1) is 7.11 Å². The van der Waals surface area contributed by atoms with Crippen LogP contribution in [0.3, 0.4) is 0 Å². The Bertz CT molecular complexity index is 918. The summed E-state index contributed by atoms with van der Waals surface area (Å²) in [5.41, 5.74) is -0.341. The maximum atomic E-state index is 13.0. The van der Waals surface area contributed by atoms with E-state index in [2.05, 4.69) is 0 Å². The van der Waals surface area contributed by atoms with Crippen molar-refractivity contribution >= 4 is 28.3 Å². The lowest BCUT2D eigenvalue weighted by Crippen LogP contribution is -2.23. The Labute approximate surface area is 146 Å². The topological polar surface area (TPSA) is 26.3 Å². The molecule has 0 atom stereocenters. The zero-order valence-electron chi connectivity index (χ0n) is 13.1. The molecular formula is C19H13F3O2S. The van der Waals surface area contributed by atoms with Gasteiger partial charge in [0.2, 0.25) is 0 Å². The molecule has 0 aliphatic carbocycles. The lowest BCUT2D eigenvalue weighted by Gasteiger charge is -2.14. The number of hydrogen-bond donors (Lipinski definition) is 0. The number of ether oxygens (including phenoxy) is 1. The summed E-state index contributed by atoms with van der Waals surface area (Å²) in [6.07, 6.45) is -4.92. The number of rotatable bonds is 4. The third-order valence-corrected chi connectivity index (χ3v) is 4.81. The van der Waals surface area contributed by atoms with Crippen LogP contribution in [0.4, 0.5) is 13.2 Å². The first-order valence-electron chi connectivity index (χ1n) is 7.35. The van der Waals surface area contributed by atoms with Gasteiger partial charge in [-0.25, -0.2) is 0 Å².